The van der Waals surface area contributed by atoms with Gasteiger partial charge in [-0.15, -0.1) is 12.4 Å². The SMILES string of the molecule is CCCc1noc(CN2CCNc3ccccc32)n1.Cl. The number of aryl methyl sites for hydroxylation is 1. The van der Waals surface area contributed by atoms with Crippen molar-refractivity contribution < 1.29 is 4.52 Å². The second kappa shape index (κ2) is 6.61. The maximum atomic E-state index is 5.31. The number of para-hydroxylation sites is 2. The Morgan fingerprint density at radius 1 is 1.35 bits per heavy atom. The Bertz CT molecular complexity index is 558. The van der Waals surface area contributed by atoms with Gasteiger partial charge in [0.1, 0.15) is 0 Å². The van der Waals surface area contributed by atoms with Crippen molar-refractivity contribution in [2.75, 3.05) is 23.3 Å². The number of fused-ring (bicyclic) bond motifs is 1. The number of nitrogens with zero attached hydrogens (tertiary/aromatic N) is 3. The van der Waals surface area contributed by atoms with Crippen LogP contribution in [0.2, 0.25) is 0 Å². The van der Waals surface area contributed by atoms with Crippen LogP contribution in [-0.4, -0.2) is 23.2 Å². The molecule has 0 unspecified atom stereocenters. The lowest BCUT2D eigenvalue weighted by Crippen LogP contribution is -2.33. The summed E-state index contributed by atoms with van der Waals surface area (Å²) in [5, 5.41) is 7.39. The zero-order valence-electron chi connectivity index (χ0n) is 11.5. The summed E-state index contributed by atoms with van der Waals surface area (Å²) in [5.74, 6) is 1.50. The van der Waals surface area contributed by atoms with Crippen LogP contribution in [0.5, 0.6) is 0 Å². The van der Waals surface area contributed by atoms with E-state index in [1.807, 2.05) is 6.07 Å². The zero-order chi connectivity index (χ0) is 13.1. The molecular weight excluding hydrogens is 276 g/mol. The maximum absolute atomic E-state index is 5.31. The molecule has 0 saturated carbocycles. The lowest BCUT2D eigenvalue weighted by molar-refractivity contribution is 0.370. The van der Waals surface area contributed by atoms with E-state index in [0.717, 1.165) is 31.8 Å². The normalized spacial score (nSPS) is 13.3. The minimum Gasteiger partial charge on any atom is -0.382 e. The molecule has 0 atom stereocenters. The minimum atomic E-state index is 0. The Hall–Kier alpha value is -1.75. The van der Waals surface area contributed by atoms with E-state index in [4.69, 9.17) is 4.52 Å². The molecule has 0 radical (unpaired) electrons. The summed E-state index contributed by atoms with van der Waals surface area (Å²) >= 11 is 0. The Morgan fingerprint density at radius 3 is 3.05 bits per heavy atom. The van der Waals surface area contributed by atoms with Gasteiger partial charge in [0.05, 0.1) is 17.9 Å². The first-order chi connectivity index (χ1) is 9.36. The number of rotatable bonds is 4. The van der Waals surface area contributed by atoms with Crippen LogP contribution >= 0.6 is 12.4 Å². The largest absolute Gasteiger partial charge is 0.382 e. The van der Waals surface area contributed by atoms with E-state index in [9.17, 15) is 0 Å². The smallest absolute Gasteiger partial charge is 0.246 e. The fraction of sp³-hybridized carbons (Fsp3) is 0.429. The molecule has 2 aromatic rings. The summed E-state index contributed by atoms with van der Waals surface area (Å²) in [4.78, 5) is 6.70. The van der Waals surface area contributed by atoms with E-state index in [1.165, 1.54) is 11.4 Å². The van der Waals surface area contributed by atoms with E-state index < -0.39 is 0 Å². The van der Waals surface area contributed by atoms with E-state index >= 15 is 0 Å². The van der Waals surface area contributed by atoms with Crippen LogP contribution in [0.1, 0.15) is 25.1 Å². The monoisotopic (exact) mass is 294 g/mol. The van der Waals surface area contributed by atoms with Crippen molar-refractivity contribution in [3.8, 4) is 0 Å². The van der Waals surface area contributed by atoms with Crippen LogP contribution in [0.4, 0.5) is 11.4 Å². The van der Waals surface area contributed by atoms with Gasteiger partial charge in [-0.1, -0.05) is 24.2 Å². The molecule has 1 N–H and O–H groups in total. The number of nitrogens with one attached hydrogen (secondary N) is 1. The van der Waals surface area contributed by atoms with Crippen molar-refractivity contribution in [1.82, 2.24) is 10.1 Å². The Morgan fingerprint density at radius 2 is 2.20 bits per heavy atom. The molecule has 0 aliphatic carbocycles. The van der Waals surface area contributed by atoms with Gasteiger partial charge in [0.2, 0.25) is 5.89 Å². The van der Waals surface area contributed by atoms with Crippen LogP contribution in [0.3, 0.4) is 0 Å². The highest BCUT2D eigenvalue weighted by Gasteiger charge is 2.18. The van der Waals surface area contributed by atoms with Crippen molar-refractivity contribution in [3.05, 3.63) is 36.0 Å². The molecule has 0 saturated heterocycles. The third-order valence-electron chi connectivity index (χ3n) is 3.25. The molecule has 0 bridgehead atoms. The first-order valence-electron chi connectivity index (χ1n) is 6.76. The highest BCUT2D eigenvalue weighted by atomic mass is 35.5. The number of hydrogen-bond donors (Lipinski definition) is 1. The fourth-order valence-electron chi connectivity index (χ4n) is 2.35. The molecule has 2 heterocycles. The molecule has 5 nitrogen and oxygen atoms in total. The van der Waals surface area contributed by atoms with E-state index in [2.05, 4.69) is 45.5 Å². The van der Waals surface area contributed by atoms with Crippen molar-refractivity contribution in [1.29, 1.82) is 0 Å². The summed E-state index contributed by atoms with van der Waals surface area (Å²) in [6, 6.07) is 8.30. The van der Waals surface area contributed by atoms with Gasteiger partial charge in [-0.05, 0) is 18.6 Å². The second-order valence-electron chi connectivity index (χ2n) is 4.72. The lowest BCUT2D eigenvalue weighted by Gasteiger charge is -2.30. The van der Waals surface area contributed by atoms with Crippen LogP contribution in [0.15, 0.2) is 28.8 Å². The summed E-state index contributed by atoms with van der Waals surface area (Å²) in [6.07, 6.45) is 1.91. The van der Waals surface area contributed by atoms with E-state index in [0.29, 0.717) is 12.4 Å². The van der Waals surface area contributed by atoms with Gasteiger partial charge in [-0.25, -0.2) is 0 Å². The minimum absolute atomic E-state index is 0. The molecule has 1 aliphatic heterocycles. The molecule has 1 aromatic heterocycles. The molecule has 0 amide bonds. The molecule has 20 heavy (non-hydrogen) atoms. The zero-order valence-corrected chi connectivity index (χ0v) is 12.3. The van der Waals surface area contributed by atoms with Gasteiger partial charge >= 0.3 is 0 Å². The van der Waals surface area contributed by atoms with Gasteiger partial charge in [0.25, 0.3) is 0 Å². The van der Waals surface area contributed by atoms with Crippen LogP contribution in [0.25, 0.3) is 0 Å². The molecular formula is C14H19ClN4O. The summed E-state index contributed by atoms with van der Waals surface area (Å²) in [6.45, 7) is 4.67. The third-order valence-corrected chi connectivity index (χ3v) is 3.25. The molecule has 0 fully saturated rings. The topological polar surface area (TPSA) is 54.2 Å². The van der Waals surface area contributed by atoms with Crippen molar-refractivity contribution >= 4 is 23.8 Å². The number of halogens is 1. The van der Waals surface area contributed by atoms with Crippen LogP contribution in [0, 0.1) is 0 Å². The molecule has 0 spiro atoms. The van der Waals surface area contributed by atoms with Gasteiger partial charge in [0, 0.05) is 19.5 Å². The molecule has 1 aliphatic rings. The molecule has 6 heteroatoms. The second-order valence-corrected chi connectivity index (χ2v) is 4.72. The fourth-order valence-corrected chi connectivity index (χ4v) is 2.35. The number of anilines is 2. The molecule has 3 rings (SSSR count). The van der Waals surface area contributed by atoms with Gasteiger partial charge < -0.3 is 14.7 Å². The third kappa shape index (κ3) is 3.04. The number of benzene rings is 1. The van der Waals surface area contributed by atoms with Gasteiger partial charge in [-0.3, -0.25) is 0 Å². The predicted octanol–water partition coefficient (Wildman–Crippen LogP) is 2.88. The highest BCUT2D eigenvalue weighted by molar-refractivity contribution is 5.85. The Balaban J connectivity index is 0.00000147. The lowest BCUT2D eigenvalue weighted by atomic mass is 10.2. The first kappa shape index (κ1) is 14.7. The summed E-state index contributed by atoms with van der Waals surface area (Å²) in [5.41, 5.74) is 2.37. The molecule has 108 valence electrons. The average Bonchev–Trinajstić information content (AvgIpc) is 2.87. The van der Waals surface area contributed by atoms with E-state index in [1.54, 1.807) is 0 Å². The summed E-state index contributed by atoms with van der Waals surface area (Å²) in [7, 11) is 0. The quantitative estimate of drug-likeness (QED) is 0.940. The van der Waals surface area contributed by atoms with Gasteiger partial charge in [0.15, 0.2) is 5.82 Å². The number of hydrogen-bond acceptors (Lipinski definition) is 5. The van der Waals surface area contributed by atoms with Crippen molar-refractivity contribution in [2.45, 2.75) is 26.3 Å². The van der Waals surface area contributed by atoms with Crippen LogP contribution in [-0.2, 0) is 13.0 Å². The standard InChI is InChI=1S/C14H18N4O.ClH/c1-2-5-13-16-14(19-17-13)10-18-9-8-15-11-6-3-4-7-12(11)18;/h3-4,6-7,15H,2,5,8-10H2,1H3;1H. The highest BCUT2D eigenvalue weighted by Crippen LogP contribution is 2.29. The molecule has 1 aromatic carbocycles. The Kier molecular flexibility index (Phi) is 4.84. The maximum Gasteiger partial charge on any atom is 0.246 e. The number of aromatic nitrogens is 2. The average molecular weight is 295 g/mol. The van der Waals surface area contributed by atoms with Crippen molar-refractivity contribution in [2.24, 2.45) is 0 Å². The predicted molar refractivity (Wildman–Crippen MR) is 81.5 cm³/mol. The van der Waals surface area contributed by atoms with Crippen LogP contribution < -0.4 is 10.2 Å². The Labute approximate surface area is 124 Å². The van der Waals surface area contributed by atoms with Crippen molar-refractivity contribution in [3.63, 3.8) is 0 Å². The summed E-state index contributed by atoms with van der Waals surface area (Å²) < 4.78 is 5.31. The first-order valence-corrected chi connectivity index (χ1v) is 6.76. The van der Waals surface area contributed by atoms with Gasteiger partial charge in [-0.2, -0.15) is 4.98 Å². The van der Waals surface area contributed by atoms with E-state index in [-0.39, 0.29) is 12.4 Å².